The molecule has 0 spiro atoms. The number of urea groups is 1. The van der Waals surface area contributed by atoms with Crippen LogP contribution in [-0.2, 0) is 9.59 Å². The summed E-state index contributed by atoms with van der Waals surface area (Å²) in [5.74, 6) is -1.19. The first-order chi connectivity index (χ1) is 8.51. The highest BCUT2D eigenvalue weighted by atomic mass is 16.4. The summed E-state index contributed by atoms with van der Waals surface area (Å²) < 4.78 is 0. The minimum absolute atomic E-state index is 0.141. The first-order valence-electron chi connectivity index (χ1n) is 6.02. The Kier molecular flexibility index (Phi) is 8.34. The maximum atomic E-state index is 11.6. The van der Waals surface area contributed by atoms with E-state index in [4.69, 9.17) is 5.11 Å². The summed E-state index contributed by atoms with van der Waals surface area (Å²) in [5, 5.41) is 13.8. The average molecular weight is 259 g/mol. The lowest BCUT2D eigenvalue weighted by molar-refractivity contribution is -0.137. The minimum atomic E-state index is -1.05. The molecule has 7 heteroatoms. The molecule has 0 rings (SSSR count). The van der Waals surface area contributed by atoms with Crippen LogP contribution in [0.4, 0.5) is 4.79 Å². The first-order valence-corrected chi connectivity index (χ1v) is 6.02. The summed E-state index contributed by atoms with van der Waals surface area (Å²) in [6.07, 6.45) is 0.865. The van der Waals surface area contributed by atoms with Crippen LogP contribution in [0.5, 0.6) is 0 Å². The maximum absolute atomic E-state index is 11.6. The number of nitrogens with zero attached hydrogens (tertiary/aromatic N) is 1. The highest BCUT2D eigenvalue weighted by molar-refractivity contribution is 5.81. The number of carboxylic acid groups (broad SMARTS) is 1. The van der Waals surface area contributed by atoms with E-state index in [1.54, 1.807) is 0 Å². The van der Waals surface area contributed by atoms with Crippen LogP contribution in [0.2, 0.25) is 0 Å². The van der Waals surface area contributed by atoms with Crippen LogP contribution in [-0.4, -0.2) is 54.1 Å². The van der Waals surface area contributed by atoms with Crippen molar-refractivity contribution in [3.8, 4) is 0 Å². The molecule has 0 unspecified atom stereocenters. The van der Waals surface area contributed by atoms with Crippen LogP contribution < -0.4 is 10.6 Å². The summed E-state index contributed by atoms with van der Waals surface area (Å²) in [6, 6.07) is -0.455. The summed E-state index contributed by atoms with van der Waals surface area (Å²) in [5.41, 5.74) is 0. The Balaban J connectivity index is 4.02. The average Bonchev–Trinajstić information content (AvgIpc) is 2.28. The smallest absolute Gasteiger partial charge is 0.323 e. The second-order valence-electron chi connectivity index (χ2n) is 3.75. The maximum Gasteiger partial charge on any atom is 0.323 e. The zero-order chi connectivity index (χ0) is 14.0. The second-order valence-corrected chi connectivity index (χ2v) is 3.75. The van der Waals surface area contributed by atoms with Gasteiger partial charge in [0.2, 0.25) is 5.91 Å². The number of rotatable bonds is 8. The van der Waals surface area contributed by atoms with Crippen molar-refractivity contribution in [2.24, 2.45) is 0 Å². The number of carbonyl (C=O) groups excluding carboxylic acids is 2. The molecule has 0 aliphatic carbocycles. The summed E-state index contributed by atoms with van der Waals surface area (Å²) in [7, 11) is 0. The van der Waals surface area contributed by atoms with Gasteiger partial charge in [-0.1, -0.05) is 6.92 Å². The predicted molar refractivity (Wildman–Crippen MR) is 66.2 cm³/mol. The van der Waals surface area contributed by atoms with Crippen LogP contribution in [0.1, 0.15) is 26.7 Å². The van der Waals surface area contributed by atoms with Gasteiger partial charge >= 0.3 is 12.0 Å². The largest absolute Gasteiger partial charge is 0.480 e. The lowest BCUT2D eigenvalue weighted by Gasteiger charge is -2.20. The molecular weight excluding hydrogens is 238 g/mol. The highest BCUT2D eigenvalue weighted by Crippen LogP contribution is 1.93. The molecule has 0 aromatic heterocycles. The van der Waals surface area contributed by atoms with E-state index >= 15 is 0 Å². The van der Waals surface area contributed by atoms with E-state index in [-0.39, 0.29) is 25.4 Å². The molecule has 7 nitrogen and oxygen atoms in total. The van der Waals surface area contributed by atoms with Crippen molar-refractivity contribution in [2.45, 2.75) is 26.7 Å². The minimum Gasteiger partial charge on any atom is -0.480 e. The quantitative estimate of drug-likeness (QED) is 0.572. The zero-order valence-electron chi connectivity index (χ0n) is 10.9. The van der Waals surface area contributed by atoms with Crippen molar-refractivity contribution >= 4 is 17.9 Å². The van der Waals surface area contributed by atoms with Crippen molar-refractivity contribution in [3.05, 3.63) is 0 Å². The van der Waals surface area contributed by atoms with Crippen molar-refractivity contribution in [1.29, 1.82) is 0 Å². The first kappa shape index (κ1) is 16.2. The van der Waals surface area contributed by atoms with E-state index in [0.29, 0.717) is 19.5 Å². The Morgan fingerprint density at radius 3 is 2.33 bits per heavy atom. The molecule has 104 valence electrons. The molecule has 3 amide bonds. The SMILES string of the molecule is CCCN(CC(=O)O)C(=O)NCCC(=O)NCC. The lowest BCUT2D eigenvalue weighted by Crippen LogP contribution is -2.44. The van der Waals surface area contributed by atoms with Gasteiger partial charge in [0.1, 0.15) is 6.54 Å². The number of aliphatic carboxylic acids is 1. The molecule has 0 aliphatic heterocycles. The van der Waals surface area contributed by atoms with Crippen molar-refractivity contribution < 1.29 is 19.5 Å². The highest BCUT2D eigenvalue weighted by Gasteiger charge is 2.15. The normalized spacial score (nSPS) is 9.67. The van der Waals surface area contributed by atoms with Gasteiger partial charge in [0, 0.05) is 26.1 Å². The molecule has 0 saturated heterocycles. The van der Waals surface area contributed by atoms with E-state index in [2.05, 4.69) is 10.6 Å². The van der Waals surface area contributed by atoms with Gasteiger partial charge in [0.15, 0.2) is 0 Å². The van der Waals surface area contributed by atoms with Gasteiger partial charge in [-0.05, 0) is 13.3 Å². The van der Waals surface area contributed by atoms with Gasteiger partial charge in [-0.25, -0.2) is 4.79 Å². The molecular formula is C11H21N3O4. The van der Waals surface area contributed by atoms with Crippen molar-refractivity contribution in [2.75, 3.05) is 26.2 Å². The Hall–Kier alpha value is -1.79. The number of amides is 3. The molecule has 0 fully saturated rings. The fraction of sp³-hybridized carbons (Fsp3) is 0.727. The van der Waals surface area contributed by atoms with Crippen LogP contribution >= 0.6 is 0 Å². The van der Waals surface area contributed by atoms with Crippen LogP contribution in [0, 0.1) is 0 Å². The Morgan fingerprint density at radius 2 is 1.83 bits per heavy atom. The monoisotopic (exact) mass is 259 g/mol. The van der Waals surface area contributed by atoms with Gasteiger partial charge in [0.05, 0.1) is 0 Å². The van der Waals surface area contributed by atoms with Gasteiger partial charge in [-0.3, -0.25) is 9.59 Å². The summed E-state index contributed by atoms with van der Waals surface area (Å²) in [4.78, 5) is 34.5. The molecule has 0 atom stereocenters. The van der Waals surface area contributed by atoms with E-state index in [1.165, 1.54) is 4.90 Å². The third-order valence-electron chi connectivity index (χ3n) is 2.11. The Morgan fingerprint density at radius 1 is 1.17 bits per heavy atom. The van der Waals surface area contributed by atoms with E-state index in [0.717, 1.165) is 0 Å². The summed E-state index contributed by atoms with van der Waals surface area (Å²) >= 11 is 0. The lowest BCUT2D eigenvalue weighted by atomic mass is 10.4. The Labute approximate surface area is 107 Å². The van der Waals surface area contributed by atoms with Crippen LogP contribution in [0.25, 0.3) is 0 Å². The predicted octanol–water partition coefficient (Wildman–Crippen LogP) is 0.0188. The molecule has 0 aliphatic rings. The third-order valence-corrected chi connectivity index (χ3v) is 2.11. The number of carboxylic acids is 1. The van der Waals surface area contributed by atoms with E-state index in [9.17, 15) is 14.4 Å². The van der Waals surface area contributed by atoms with Crippen molar-refractivity contribution in [3.63, 3.8) is 0 Å². The molecule has 0 radical (unpaired) electrons. The van der Waals surface area contributed by atoms with Crippen molar-refractivity contribution in [1.82, 2.24) is 15.5 Å². The molecule has 0 saturated carbocycles. The number of carbonyl (C=O) groups is 3. The molecule has 0 aromatic rings. The number of nitrogens with one attached hydrogen (secondary N) is 2. The van der Waals surface area contributed by atoms with E-state index < -0.39 is 12.0 Å². The fourth-order valence-electron chi connectivity index (χ4n) is 1.37. The van der Waals surface area contributed by atoms with Gasteiger partial charge in [-0.15, -0.1) is 0 Å². The van der Waals surface area contributed by atoms with Gasteiger partial charge in [0.25, 0.3) is 0 Å². The second kappa shape index (κ2) is 9.26. The molecule has 0 aromatic carbocycles. The summed E-state index contributed by atoms with van der Waals surface area (Å²) in [6.45, 7) is 4.46. The Bertz CT molecular complexity index is 294. The molecule has 0 bridgehead atoms. The number of hydrogen-bond donors (Lipinski definition) is 3. The van der Waals surface area contributed by atoms with Gasteiger partial charge < -0.3 is 20.6 Å². The molecule has 3 N–H and O–H groups in total. The van der Waals surface area contributed by atoms with Gasteiger partial charge in [-0.2, -0.15) is 0 Å². The zero-order valence-corrected chi connectivity index (χ0v) is 10.9. The van der Waals surface area contributed by atoms with E-state index in [1.807, 2.05) is 13.8 Å². The van der Waals surface area contributed by atoms with Crippen LogP contribution in [0.3, 0.4) is 0 Å². The standard InChI is InChI=1S/C11H21N3O4/c1-3-7-14(8-10(16)17)11(18)13-6-5-9(15)12-4-2/h3-8H2,1-2H3,(H,12,15)(H,13,18)(H,16,17). The van der Waals surface area contributed by atoms with Crippen LogP contribution in [0.15, 0.2) is 0 Å². The fourth-order valence-corrected chi connectivity index (χ4v) is 1.37. The molecule has 18 heavy (non-hydrogen) atoms. The topological polar surface area (TPSA) is 98.7 Å². The molecule has 0 heterocycles. The third kappa shape index (κ3) is 7.48. The number of hydrogen-bond acceptors (Lipinski definition) is 3.